The second-order valence-electron chi connectivity index (χ2n) is 3.57. The molecule has 1 amide bonds. The van der Waals surface area contributed by atoms with Gasteiger partial charge in [0.25, 0.3) is 5.56 Å². The van der Waals surface area contributed by atoms with Gasteiger partial charge in [-0.2, -0.15) is 0 Å². The number of H-pyrrole nitrogens is 1. The molecule has 0 saturated heterocycles. The number of nitrogens with zero attached hydrogens (tertiary/aromatic N) is 1. The van der Waals surface area contributed by atoms with E-state index in [1.807, 2.05) is 13.8 Å². The maximum Gasteiger partial charge on any atom is 0.276 e. The van der Waals surface area contributed by atoms with E-state index < -0.39 is 5.56 Å². The summed E-state index contributed by atoms with van der Waals surface area (Å²) >= 11 is 0. The highest BCUT2D eigenvalue weighted by Crippen LogP contribution is 2.05. The lowest BCUT2D eigenvalue weighted by molar-refractivity contribution is -0.119. The molecule has 1 aromatic heterocycles. The van der Waals surface area contributed by atoms with Gasteiger partial charge < -0.3 is 21.4 Å². The first kappa shape index (κ1) is 12.0. The summed E-state index contributed by atoms with van der Waals surface area (Å²) in [6, 6.07) is 0.0683. The van der Waals surface area contributed by atoms with E-state index in [4.69, 9.17) is 5.73 Å². The van der Waals surface area contributed by atoms with Crippen molar-refractivity contribution in [3.63, 3.8) is 0 Å². The van der Waals surface area contributed by atoms with Gasteiger partial charge in [0.2, 0.25) is 5.91 Å². The Bertz CT molecular complexity index is 426. The molecule has 0 radical (unpaired) electrons. The Kier molecular flexibility index (Phi) is 3.87. The SMILES string of the molecule is CC(C)NC(=O)CNc1nc[nH]c(=O)c1N. The zero-order valence-electron chi connectivity index (χ0n) is 9.20. The number of carbonyl (C=O) groups is 1. The minimum Gasteiger partial charge on any atom is -0.391 e. The lowest BCUT2D eigenvalue weighted by Crippen LogP contribution is -2.35. The average molecular weight is 225 g/mol. The van der Waals surface area contributed by atoms with E-state index in [-0.39, 0.29) is 30.0 Å². The van der Waals surface area contributed by atoms with Gasteiger partial charge in [0.05, 0.1) is 12.9 Å². The van der Waals surface area contributed by atoms with Crippen LogP contribution in [-0.4, -0.2) is 28.5 Å². The Morgan fingerprint density at radius 3 is 2.94 bits per heavy atom. The van der Waals surface area contributed by atoms with Crippen LogP contribution in [0.25, 0.3) is 0 Å². The number of hydrogen-bond donors (Lipinski definition) is 4. The fourth-order valence-corrected chi connectivity index (χ4v) is 1.09. The van der Waals surface area contributed by atoms with Crippen molar-refractivity contribution in [3.8, 4) is 0 Å². The van der Waals surface area contributed by atoms with Gasteiger partial charge in [0, 0.05) is 6.04 Å². The zero-order chi connectivity index (χ0) is 12.1. The molecule has 0 fully saturated rings. The van der Waals surface area contributed by atoms with E-state index in [0.29, 0.717) is 0 Å². The summed E-state index contributed by atoms with van der Waals surface area (Å²) < 4.78 is 0. The molecule has 0 aliphatic heterocycles. The molecule has 0 atom stereocenters. The Hall–Kier alpha value is -2.05. The van der Waals surface area contributed by atoms with Gasteiger partial charge in [-0.15, -0.1) is 0 Å². The number of aromatic amines is 1. The summed E-state index contributed by atoms with van der Waals surface area (Å²) in [7, 11) is 0. The molecule has 0 aromatic carbocycles. The molecule has 16 heavy (non-hydrogen) atoms. The predicted octanol–water partition coefficient (Wildman–Crippen LogP) is -0.711. The van der Waals surface area contributed by atoms with E-state index in [1.165, 1.54) is 6.33 Å². The van der Waals surface area contributed by atoms with Crippen LogP contribution < -0.4 is 21.9 Å². The lowest BCUT2D eigenvalue weighted by atomic mass is 10.4. The van der Waals surface area contributed by atoms with Gasteiger partial charge in [-0.3, -0.25) is 9.59 Å². The molecular weight excluding hydrogens is 210 g/mol. The largest absolute Gasteiger partial charge is 0.391 e. The number of nitrogens with one attached hydrogen (secondary N) is 3. The van der Waals surface area contributed by atoms with Gasteiger partial charge in [-0.05, 0) is 13.8 Å². The maximum atomic E-state index is 11.3. The highest BCUT2D eigenvalue weighted by molar-refractivity contribution is 5.81. The summed E-state index contributed by atoms with van der Waals surface area (Å²) in [6.45, 7) is 3.74. The van der Waals surface area contributed by atoms with Crippen LogP contribution in [0.5, 0.6) is 0 Å². The van der Waals surface area contributed by atoms with E-state index in [1.54, 1.807) is 0 Å². The standard InChI is InChI=1S/C9H15N5O2/c1-5(2)14-6(15)3-11-8-7(10)9(16)13-4-12-8/h4-5H,3,10H2,1-2H3,(H,14,15)(H2,11,12,13,16). The molecule has 7 heteroatoms. The van der Waals surface area contributed by atoms with Gasteiger partial charge >= 0.3 is 0 Å². The minimum absolute atomic E-state index is 0.0266. The van der Waals surface area contributed by atoms with Crippen molar-refractivity contribution in [1.29, 1.82) is 0 Å². The first-order valence-electron chi connectivity index (χ1n) is 4.87. The topological polar surface area (TPSA) is 113 Å². The molecule has 0 aliphatic carbocycles. The van der Waals surface area contributed by atoms with Crippen molar-refractivity contribution in [3.05, 3.63) is 16.7 Å². The molecule has 88 valence electrons. The van der Waals surface area contributed by atoms with Crippen LogP contribution in [0.4, 0.5) is 11.5 Å². The number of carbonyl (C=O) groups excluding carboxylic acids is 1. The van der Waals surface area contributed by atoms with Gasteiger partial charge in [0.1, 0.15) is 5.69 Å². The van der Waals surface area contributed by atoms with E-state index in [2.05, 4.69) is 20.6 Å². The van der Waals surface area contributed by atoms with Crippen LogP contribution in [0.15, 0.2) is 11.1 Å². The third-order valence-corrected chi connectivity index (χ3v) is 1.76. The lowest BCUT2D eigenvalue weighted by Gasteiger charge is -2.10. The van der Waals surface area contributed by atoms with Crippen molar-refractivity contribution in [2.45, 2.75) is 19.9 Å². The number of amides is 1. The number of aromatic nitrogens is 2. The third-order valence-electron chi connectivity index (χ3n) is 1.76. The predicted molar refractivity (Wildman–Crippen MR) is 61.0 cm³/mol. The van der Waals surface area contributed by atoms with E-state index in [9.17, 15) is 9.59 Å². The molecule has 7 nitrogen and oxygen atoms in total. The normalized spacial score (nSPS) is 10.2. The molecule has 1 aromatic rings. The maximum absolute atomic E-state index is 11.3. The fourth-order valence-electron chi connectivity index (χ4n) is 1.09. The molecule has 0 bridgehead atoms. The first-order valence-corrected chi connectivity index (χ1v) is 4.87. The Morgan fingerprint density at radius 1 is 1.62 bits per heavy atom. The van der Waals surface area contributed by atoms with Crippen LogP contribution in [0, 0.1) is 0 Å². The van der Waals surface area contributed by atoms with Crippen molar-refractivity contribution < 1.29 is 4.79 Å². The molecule has 0 spiro atoms. The molecule has 0 saturated carbocycles. The number of hydrogen-bond acceptors (Lipinski definition) is 5. The summed E-state index contributed by atoms with van der Waals surface area (Å²) in [6.07, 6.45) is 1.22. The highest BCUT2D eigenvalue weighted by Gasteiger charge is 2.07. The Morgan fingerprint density at radius 2 is 2.31 bits per heavy atom. The third kappa shape index (κ3) is 3.26. The van der Waals surface area contributed by atoms with Crippen molar-refractivity contribution in [1.82, 2.24) is 15.3 Å². The highest BCUT2D eigenvalue weighted by atomic mass is 16.2. The Labute approximate surface area is 92.5 Å². The van der Waals surface area contributed by atoms with Gasteiger partial charge in [-0.1, -0.05) is 0 Å². The number of nitrogens with two attached hydrogens (primary N) is 1. The first-order chi connectivity index (χ1) is 7.50. The monoisotopic (exact) mass is 225 g/mol. The average Bonchev–Trinajstić information content (AvgIpc) is 2.19. The number of rotatable bonds is 4. The number of anilines is 2. The molecule has 1 rings (SSSR count). The molecule has 5 N–H and O–H groups in total. The van der Waals surface area contributed by atoms with E-state index in [0.717, 1.165) is 0 Å². The van der Waals surface area contributed by atoms with E-state index >= 15 is 0 Å². The number of nitrogen functional groups attached to an aromatic ring is 1. The summed E-state index contributed by atoms with van der Waals surface area (Å²) in [5.74, 6) is 0.0270. The molecular formula is C9H15N5O2. The van der Waals surface area contributed by atoms with Crippen LogP contribution in [0.2, 0.25) is 0 Å². The second kappa shape index (κ2) is 5.15. The molecule has 0 unspecified atom stereocenters. The van der Waals surface area contributed by atoms with Crippen LogP contribution in [0.1, 0.15) is 13.8 Å². The molecule has 1 heterocycles. The van der Waals surface area contributed by atoms with Gasteiger partial charge in [-0.25, -0.2) is 4.98 Å². The minimum atomic E-state index is -0.429. The van der Waals surface area contributed by atoms with Gasteiger partial charge in [0.15, 0.2) is 5.82 Å². The van der Waals surface area contributed by atoms with Crippen LogP contribution in [0.3, 0.4) is 0 Å². The van der Waals surface area contributed by atoms with Crippen molar-refractivity contribution in [2.75, 3.05) is 17.6 Å². The quantitative estimate of drug-likeness (QED) is 0.540. The summed E-state index contributed by atoms with van der Waals surface area (Å²) in [5.41, 5.74) is 5.01. The Balaban J connectivity index is 2.58. The zero-order valence-corrected chi connectivity index (χ0v) is 9.20. The fraction of sp³-hybridized carbons (Fsp3) is 0.444. The van der Waals surface area contributed by atoms with Crippen molar-refractivity contribution >= 4 is 17.4 Å². The second-order valence-corrected chi connectivity index (χ2v) is 3.57. The van der Waals surface area contributed by atoms with Crippen LogP contribution >= 0.6 is 0 Å². The molecule has 0 aliphatic rings. The van der Waals surface area contributed by atoms with Crippen LogP contribution in [-0.2, 0) is 4.79 Å². The summed E-state index contributed by atoms with van der Waals surface area (Å²) in [4.78, 5) is 28.5. The smallest absolute Gasteiger partial charge is 0.276 e. The van der Waals surface area contributed by atoms with Crippen molar-refractivity contribution in [2.24, 2.45) is 0 Å². The summed E-state index contributed by atoms with van der Waals surface area (Å²) in [5, 5.41) is 5.38.